The van der Waals surface area contributed by atoms with Crippen molar-refractivity contribution in [2.75, 3.05) is 26.2 Å². The fourth-order valence-electron chi connectivity index (χ4n) is 3.71. The summed E-state index contributed by atoms with van der Waals surface area (Å²) in [6, 6.07) is 1.66. The van der Waals surface area contributed by atoms with Crippen LogP contribution in [0.2, 0.25) is 0 Å². The molecule has 2 fully saturated rings. The summed E-state index contributed by atoms with van der Waals surface area (Å²) >= 11 is 0. The number of ether oxygens (including phenoxy) is 1. The number of carbonyl (C=O) groups is 2. The second-order valence-electron chi connectivity index (χ2n) is 8.27. The molecule has 0 radical (unpaired) electrons. The van der Waals surface area contributed by atoms with E-state index in [0.717, 1.165) is 17.7 Å². The minimum Gasteiger partial charge on any atom is -0.441 e. The fraction of sp³-hybridized carbons (Fsp3) is 0.650. The van der Waals surface area contributed by atoms with Crippen molar-refractivity contribution in [1.29, 1.82) is 0 Å². The van der Waals surface area contributed by atoms with Crippen LogP contribution in [0.15, 0.2) is 10.9 Å². The number of carbonyl (C=O) groups excluding carboxylic acids is 2. The molecule has 1 N–H and O–H groups in total. The number of nitrogens with one attached hydrogen (secondary N) is 1. The van der Waals surface area contributed by atoms with Crippen LogP contribution in [0.5, 0.6) is 0 Å². The highest BCUT2D eigenvalue weighted by Crippen LogP contribution is 2.33. The zero-order valence-electron chi connectivity index (χ0n) is 16.6. The number of amides is 2. The van der Waals surface area contributed by atoms with Crippen molar-refractivity contribution in [3.63, 3.8) is 0 Å². The summed E-state index contributed by atoms with van der Waals surface area (Å²) in [6.07, 6.45) is 1.91. The third kappa shape index (κ3) is 4.01. The molecular weight excluding hydrogens is 346 g/mol. The Morgan fingerprint density at radius 2 is 1.93 bits per heavy atom. The molecule has 7 heteroatoms. The van der Waals surface area contributed by atoms with Gasteiger partial charge >= 0.3 is 6.09 Å². The molecule has 0 bridgehead atoms. The predicted octanol–water partition coefficient (Wildman–Crippen LogP) is 2.46. The van der Waals surface area contributed by atoms with Crippen LogP contribution in [-0.2, 0) is 4.74 Å². The lowest BCUT2D eigenvalue weighted by Gasteiger charge is -2.37. The summed E-state index contributed by atoms with van der Waals surface area (Å²) in [6.45, 7) is 10.2. The lowest BCUT2D eigenvalue weighted by molar-refractivity contribution is 0.00308. The summed E-state index contributed by atoms with van der Waals surface area (Å²) in [5, 5.41) is 0. The van der Waals surface area contributed by atoms with Crippen molar-refractivity contribution >= 4 is 12.0 Å². The van der Waals surface area contributed by atoms with E-state index in [1.807, 2.05) is 13.8 Å². The normalized spacial score (nSPS) is 19.1. The molecule has 27 heavy (non-hydrogen) atoms. The van der Waals surface area contributed by atoms with Gasteiger partial charge in [-0.3, -0.25) is 9.59 Å². The van der Waals surface area contributed by atoms with Gasteiger partial charge < -0.3 is 19.5 Å². The molecule has 2 saturated heterocycles. The molecule has 2 aliphatic rings. The monoisotopic (exact) mass is 375 g/mol. The third-order valence-corrected chi connectivity index (χ3v) is 5.71. The van der Waals surface area contributed by atoms with Crippen LogP contribution in [0.4, 0.5) is 4.79 Å². The number of likely N-dealkylation sites (tertiary alicyclic amines) is 1. The molecule has 3 heterocycles. The number of pyridine rings is 1. The van der Waals surface area contributed by atoms with E-state index < -0.39 is 5.60 Å². The lowest BCUT2D eigenvalue weighted by atomic mass is 9.91. The number of rotatable bonds is 4. The molecule has 7 nitrogen and oxygen atoms in total. The van der Waals surface area contributed by atoms with Gasteiger partial charge in [0, 0.05) is 38.2 Å². The molecule has 0 atom stereocenters. The van der Waals surface area contributed by atoms with Gasteiger partial charge in [0.2, 0.25) is 0 Å². The molecule has 148 valence electrons. The van der Waals surface area contributed by atoms with Crippen molar-refractivity contribution in [1.82, 2.24) is 14.8 Å². The maximum absolute atomic E-state index is 12.8. The Hall–Kier alpha value is -2.31. The first-order chi connectivity index (χ1) is 12.7. The molecule has 3 rings (SSSR count). The Labute approximate surface area is 159 Å². The zero-order valence-corrected chi connectivity index (χ0v) is 16.6. The number of hydrogen-bond acceptors (Lipinski definition) is 4. The number of aryl methyl sites for hydroxylation is 2. The van der Waals surface area contributed by atoms with Crippen molar-refractivity contribution < 1.29 is 14.3 Å². The van der Waals surface area contributed by atoms with Crippen LogP contribution in [-0.4, -0.2) is 58.6 Å². The van der Waals surface area contributed by atoms with Crippen molar-refractivity contribution in [3.8, 4) is 0 Å². The van der Waals surface area contributed by atoms with E-state index in [1.165, 1.54) is 0 Å². The Morgan fingerprint density at radius 1 is 1.26 bits per heavy atom. The molecule has 1 aromatic heterocycles. The first-order valence-electron chi connectivity index (χ1n) is 9.68. The van der Waals surface area contributed by atoms with Gasteiger partial charge in [0.05, 0.1) is 6.54 Å². The van der Waals surface area contributed by atoms with Gasteiger partial charge in [0.1, 0.15) is 11.2 Å². The molecule has 0 saturated carbocycles. The van der Waals surface area contributed by atoms with E-state index in [2.05, 4.69) is 18.8 Å². The predicted molar refractivity (Wildman–Crippen MR) is 102 cm³/mol. The van der Waals surface area contributed by atoms with E-state index in [-0.39, 0.29) is 23.1 Å². The zero-order chi connectivity index (χ0) is 19.8. The Bertz CT molecular complexity index is 791. The van der Waals surface area contributed by atoms with Gasteiger partial charge in [0.15, 0.2) is 0 Å². The van der Waals surface area contributed by atoms with Crippen molar-refractivity contribution in [2.45, 2.75) is 52.6 Å². The molecule has 1 aromatic rings. The highest BCUT2D eigenvalue weighted by atomic mass is 16.6. The first kappa shape index (κ1) is 19.5. The average Bonchev–Trinajstić information content (AvgIpc) is 2.91. The largest absolute Gasteiger partial charge is 0.441 e. The standard InChI is InChI=1S/C20H29N3O4/c1-13(2)5-8-23-12-20(27-19(23)26)6-9-22(10-7-20)18(25)16-11-14(3)15(4)21-17(16)24/h11,13H,5-10,12H2,1-4H3,(H,21,24). The Balaban J connectivity index is 1.64. The van der Waals surface area contributed by atoms with Crippen LogP contribution in [0, 0.1) is 19.8 Å². The van der Waals surface area contributed by atoms with Gasteiger partial charge in [-0.2, -0.15) is 0 Å². The van der Waals surface area contributed by atoms with Crippen LogP contribution >= 0.6 is 0 Å². The minimum absolute atomic E-state index is 0.177. The molecule has 2 aliphatic heterocycles. The average molecular weight is 375 g/mol. The van der Waals surface area contributed by atoms with Gasteiger partial charge in [-0.25, -0.2) is 4.79 Å². The molecule has 0 unspecified atom stereocenters. The van der Waals surface area contributed by atoms with Gasteiger partial charge in [-0.1, -0.05) is 13.8 Å². The van der Waals surface area contributed by atoms with Crippen LogP contribution in [0.1, 0.15) is 54.7 Å². The maximum atomic E-state index is 12.8. The number of aromatic nitrogens is 1. The highest BCUT2D eigenvalue weighted by Gasteiger charge is 2.47. The number of piperidine rings is 1. The van der Waals surface area contributed by atoms with Crippen molar-refractivity contribution in [3.05, 3.63) is 33.2 Å². The number of H-pyrrole nitrogens is 1. The first-order valence-corrected chi connectivity index (χ1v) is 9.68. The molecule has 1 spiro atoms. The van der Waals surface area contributed by atoms with E-state index in [0.29, 0.717) is 44.9 Å². The topological polar surface area (TPSA) is 82.7 Å². The Morgan fingerprint density at radius 3 is 2.56 bits per heavy atom. The quantitative estimate of drug-likeness (QED) is 0.876. The Kier molecular flexibility index (Phi) is 5.31. The molecule has 2 amide bonds. The SMILES string of the molecule is Cc1cc(C(=O)N2CCC3(CC2)CN(CCC(C)C)C(=O)O3)c(=O)[nH]c1C. The summed E-state index contributed by atoms with van der Waals surface area (Å²) in [5.74, 6) is 0.278. The highest BCUT2D eigenvalue weighted by molar-refractivity contribution is 5.94. The van der Waals surface area contributed by atoms with Crippen LogP contribution in [0.3, 0.4) is 0 Å². The maximum Gasteiger partial charge on any atom is 0.410 e. The van der Waals surface area contributed by atoms with E-state index in [4.69, 9.17) is 4.74 Å². The second-order valence-corrected chi connectivity index (χ2v) is 8.27. The van der Waals surface area contributed by atoms with E-state index >= 15 is 0 Å². The smallest absolute Gasteiger partial charge is 0.410 e. The van der Waals surface area contributed by atoms with Gasteiger partial charge in [-0.05, 0) is 37.8 Å². The number of hydrogen-bond donors (Lipinski definition) is 1. The molecule has 0 aromatic carbocycles. The minimum atomic E-state index is -0.500. The van der Waals surface area contributed by atoms with Crippen molar-refractivity contribution in [2.24, 2.45) is 5.92 Å². The molecule has 0 aliphatic carbocycles. The summed E-state index contributed by atoms with van der Waals surface area (Å²) in [5.41, 5.74) is 0.984. The summed E-state index contributed by atoms with van der Waals surface area (Å²) < 4.78 is 5.71. The van der Waals surface area contributed by atoms with E-state index in [9.17, 15) is 14.4 Å². The molecular formula is C20H29N3O4. The van der Waals surface area contributed by atoms with Gasteiger partial charge in [0.25, 0.3) is 11.5 Å². The number of aromatic amines is 1. The number of nitrogens with zero attached hydrogens (tertiary/aromatic N) is 2. The third-order valence-electron chi connectivity index (χ3n) is 5.71. The summed E-state index contributed by atoms with van der Waals surface area (Å²) in [4.78, 5) is 43.3. The fourth-order valence-corrected chi connectivity index (χ4v) is 3.71. The van der Waals surface area contributed by atoms with Gasteiger partial charge in [-0.15, -0.1) is 0 Å². The van der Waals surface area contributed by atoms with Crippen LogP contribution < -0.4 is 5.56 Å². The van der Waals surface area contributed by atoms with E-state index in [1.54, 1.807) is 15.9 Å². The van der Waals surface area contributed by atoms with Crippen LogP contribution in [0.25, 0.3) is 0 Å². The second kappa shape index (κ2) is 7.37. The summed E-state index contributed by atoms with van der Waals surface area (Å²) in [7, 11) is 0. The lowest BCUT2D eigenvalue weighted by Crippen LogP contribution is -2.49.